The van der Waals surface area contributed by atoms with Gasteiger partial charge in [-0.1, -0.05) is 6.92 Å². The Hall–Kier alpha value is -1.36. The molecule has 1 rings (SSSR count). The van der Waals surface area contributed by atoms with Crippen LogP contribution in [0.15, 0.2) is 12.4 Å². The molecule has 0 saturated carbocycles. The summed E-state index contributed by atoms with van der Waals surface area (Å²) >= 11 is 0. The van der Waals surface area contributed by atoms with Gasteiger partial charge in [0.05, 0.1) is 6.61 Å². The zero-order chi connectivity index (χ0) is 12.5. The summed E-state index contributed by atoms with van der Waals surface area (Å²) in [5.41, 5.74) is 0. The number of hydrogen-bond acceptors (Lipinski definition) is 5. The molecule has 5 heteroatoms. The van der Waals surface area contributed by atoms with Gasteiger partial charge in [-0.15, -0.1) is 0 Å². The lowest BCUT2D eigenvalue weighted by Crippen LogP contribution is -2.23. The van der Waals surface area contributed by atoms with Crippen LogP contribution in [0.4, 0.5) is 11.6 Å². The van der Waals surface area contributed by atoms with Crippen molar-refractivity contribution in [2.24, 2.45) is 0 Å². The van der Waals surface area contributed by atoms with Crippen molar-refractivity contribution in [3.8, 4) is 0 Å². The van der Waals surface area contributed by atoms with Crippen molar-refractivity contribution < 1.29 is 4.74 Å². The Balaban J connectivity index is 2.51. The van der Waals surface area contributed by atoms with Crippen molar-refractivity contribution in [2.45, 2.75) is 20.3 Å². The van der Waals surface area contributed by atoms with Crippen LogP contribution in [-0.2, 0) is 4.74 Å². The number of rotatable bonds is 8. The molecule has 0 aromatic carbocycles. The quantitative estimate of drug-likeness (QED) is 0.699. The van der Waals surface area contributed by atoms with E-state index in [0.29, 0.717) is 6.61 Å². The van der Waals surface area contributed by atoms with E-state index in [1.165, 1.54) is 0 Å². The van der Waals surface area contributed by atoms with Crippen molar-refractivity contribution in [1.29, 1.82) is 0 Å². The van der Waals surface area contributed by atoms with E-state index in [9.17, 15) is 0 Å². The van der Waals surface area contributed by atoms with Crippen LogP contribution in [0.2, 0.25) is 0 Å². The molecule has 1 N–H and O–H groups in total. The molecule has 0 unspecified atom stereocenters. The molecule has 1 aromatic heterocycles. The number of anilines is 2. The molecular formula is C12H22N4O. The fourth-order valence-corrected chi connectivity index (χ4v) is 1.37. The molecule has 1 aromatic rings. The summed E-state index contributed by atoms with van der Waals surface area (Å²) in [6.45, 7) is 7.35. The van der Waals surface area contributed by atoms with E-state index in [1.54, 1.807) is 6.33 Å². The Morgan fingerprint density at radius 1 is 1.35 bits per heavy atom. The minimum atomic E-state index is 0.717. The molecule has 0 fully saturated rings. The Labute approximate surface area is 103 Å². The Morgan fingerprint density at radius 3 is 2.88 bits per heavy atom. The highest BCUT2D eigenvalue weighted by Crippen LogP contribution is 2.12. The van der Waals surface area contributed by atoms with Crippen molar-refractivity contribution in [1.82, 2.24) is 9.97 Å². The number of ether oxygens (including phenoxy) is 1. The van der Waals surface area contributed by atoms with E-state index in [0.717, 1.165) is 37.8 Å². The van der Waals surface area contributed by atoms with Gasteiger partial charge in [0.25, 0.3) is 0 Å². The summed E-state index contributed by atoms with van der Waals surface area (Å²) in [7, 11) is 2.00. The number of hydrogen-bond donors (Lipinski definition) is 1. The highest BCUT2D eigenvalue weighted by Gasteiger charge is 2.03. The third kappa shape index (κ3) is 4.99. The number of likely N-dealkylation sites (N-methyl/N-ethyl adjacent to an activating group) is 1. The Bertz CT molecular complexity index is 319. The lowest BCUT2D eigenvalue weighted by molar-refractivity contribution is 0.154. The first-order valence-electron chi connectivity index (χ1n) is 6.12. The molecular weight excluding hydrogens is 216 g/mol. The summed E-state index contributed by atoms with van der Waals surface area (Å²) in [6, 6.07) is 1.96. The molecule has 5 nitrogen and oxygen atoms in total. The van der Waals surface area contributed by atoms with E-state index in [-0.39, 0.29) is 0 Å². The second-order valence-corrected chi connectivity index (χ2v) is 3.81. The Kier molecular flexibility index (Phi) is 6.32. The molecule has 0 bridgehead atoms. The van der Waals surface area contributed by atoms with E-state index in [2.05, 4.69) is 27.1 Å². The van der Waals surface area contributed by atoms with E-state index in [1.807, 2.05) is 20.0 Å². The van der Waals surface area contributed by atoms with Crippen molar-refractivity contribution in [3.05, 3.63) is 12.4 Å². The van der Waals surface area contributed by atoms with Gasteiger partial charge in [0.15, 0.2) is 0 Å². The first-order chi connectivity index (χ1) is 8.27. The number of nitrogens with one attached hydrogen (secondary N) is 1. The van der Waals surface area contributed by atoms with E-state index >= 15 is 0 Å². The molecule has 0 amide bonds. The minimum Gasteiger partial charge on any atom is -0.380 e. The third-order valence-electron chi connectivity index (χ3n) is 2.38. The molecule has 0 saturated heterocycles. The predicted molar refractivity (Wildman–Crippen MR) is 70.6 cm³/mol. The normalized spacial score (nSPS) is 10.3. The standard InChI is InChI=1S/C12H22N4O/c1-4-6-13-11-9-12(15-10-14-11)16(3)7-8-17-5-2/h9-10H,4-8H2,1-3H3,(H,13,14,15). The van der Waals surface area contributed by atoms with Crippen LogP contribution in [0, 0.1) is 0 Å². The second kappa shape index (κ2) is 7.84. The average Bonchev–Trinajstić information content (AvgIpc) is 2.37. The lowest BCUT2D eigenvalue weighted by atomic mass is 10.4. The van der Waals surface area contributed by atoms with Gasteiger partial charge in [-0.05, 0) is 13.3 Å². The molecule has 1 heterocycles. The van der Waals surface area contributed by atoms with Gasteiger partial charge >= 0.3 is 0 Å². The summed E-state index contributed by atoms with van der Waals surface area (Å²) < 4.78 is 5.32. The van der Waals surface area contributed by atoms with Crippen LogP contribution < -0.4 is 10.2 Å². The van der Waals surface area contributed by atoms with E-state index < -0.39 is 0 Å². The molecule has 0 spiro atoms. The highest BCUT2D eigenvalue weighted by atomic mass is 16.5. The fourth-order valence-electron chi connectivity index (χ4n) is 1.37. The van der Waals surface area contributed by atoms with Crippen LogP contribution >= 0.6 is 0 Å². The van der Waals surface area contributed by atoms with Gasteiger partial charge < -0.3 is 15.0 Å². The number of nitrogens with zero attached hydrogens (tertiary/aromatic N) is 3. The Morgan fingerprint density at radius 2 is 2.18 bits per heavy atom. The largest absolute Gasteiger partial charge is 0.380 e. The maximum absolute atomic E-state index is 5.32. The van der Waals surface area contributed by atoms with E-state index in [4.69, 9.17) is 4.74 Å². The van der Waals surface area contributed by atoms with Gasteiger partial charge in [-0.25, -0.2) is 9.97 Å². The molecule has 0 radical (unpaired) electrons. The van der Waals surface area contributed by atoms with Gasteiger partial charge in [-0.2, -0.15) is 0 Å². The maximum atomic E-state index is 5.32. The zero-order valence-electron chi connectivity index (χ0n) is 10.9. The van der Waals surface area contributed by atoms with Gasteiger partial charge in [0.2, 0.25) is 0 Å². The monoisotopic (exact) mass is 238 g/mol. The smallest absolute Gasteiger partial charge is 0.133 e. The number of aromatic nitrogens is 2. The SMILES string of the molecule is CCCNc1cc(N(C)CCOCC)ncn1. The summed E-state index contributed by atoms with van der Waals surface area (Å²) in [5, 5.41) is 3.25. The molecule has 0 aliphatic heterocycles. The van der Waals surface area contributed by atoms with Crippen LogP contribution in [0.3, 0.4) is 0 Å². The molecule has 0 atom stereocenters. The van der Waals surface area contributed by atoms with Gasteiger partial charge in [-0.3, -0.25) is 0 Å². The van der Waals surface area contributed by atoms with Crippen LogP contribution in [0.5, 0.6) is 0 Å². The van der Waals surface area contributed by atoms with Crippen LogP contribution in [0.1, 0.15) is 20.3 Å². The first-order valence-corrected chi connectivity index (χ1v) is 6.12. The summed E-state index contributed by atoms with van der Waals surface area (Å²) in [4.78, 5) is 10.5. The van der Waals surface area contributed by atoms with Gasteiger partial charge in [0.1, 0.15) is 18.0 Å². The fraction of sp³-hybridized carbons (Fsp3) is 0.667. The molecule has 0 aliphatic carbocycles. The van der Waals surface area contributed by atoms with Gasteiger partial charge in [0, 0.05) is 32.8 Å². The zero-order valence-corrected chi connectivity index (χ0v) is 10.9. The highest BCUT2D eigenvalue weighted by molar-refractivity contribution is 5.47. The lowest BCUT2D eigenvalue weighted by Gasteiger charge is -2.18. The average molecular weight is 238 g/mol. The third-order valence-corrected chi connectivity index (χ3v) is 2.38. The van der Waals surface area contributed by atoms with Crippen molar-refractivity contribution in [3.63, 3.8) is 0 Å². The first kappa shape index (κ1) is 13.7. The van der Waals surface area contributed by atoms with Crippen molar-refractivity contribution in [2.75, 3.05) is 43.6 Å². The van der Waals surface area contributed by atoms with Crippen LogP contribution in [0.25, 0.3) is 0 Å². The molecule has 17 heavy (non-hydrogen) atoms. The topological polar surface area (TPSA) is 50.3 Å². The molecule has 96 valence electrons. The summed E-state index contributed by atoms with van der Waals surface area (Å²) in [5.74, 6) is 1.79. The predicted octanol–water partition coefficient (Wildman–Crippen LogP) is 1.77. The van der Waals surface area contributed by atoms with Crippen LogP contribution in [-0.4, -0.2) is 43.3 Å². The van der Waals surface area contributed by atoms with Crippen molar-refractivity contribution >= 4 is 11.6 Å². The second-order valence-electron chi connectivity index (χ2n) is 3.81. The molecule has 0 aliphatic rings. The maximum Gasteiger partial charge on any atom is 0.133 e. The minimum absolute atomic E-state index is 0.717. The summed E-state index contributed by atoms with van der Waals surface area (Å²) in [6.07, 6.45) is 2.67.